The first kappa shape index (κ1) is 15.5. The van der Waals surface area contributed by atoms with Gasteiger partial charge in [0.1, 0.15) is 11.3 Å². The van der Waals surface area contributed by atoms with Crippen LogP contribution in [-0.2, 0) is 4.79 Å². The number of esters is 1. The molecule has 0 saturated heterocycles. The molecule has 0 atom stereocenters. The van der Waals surface area contributed by atoms with E-state index in [0.29, 0.717) is 11.8 Å². The molecule has 1 heterocycles. The molecule has 21 heavy (non-hydrogen) atoms. The number of benzene rings is 1. The number of ether oxygens (including phenoxy) is 1. The molecular weight excluding hydrogens is 391 g/mol. The fourth-order valence-corrected chi connectivity index (χ4v) is 2.07. The summed E-state index contributed by atoms with van der Waals surface area (Å²) in [6, 6.07) is 5.55. The molecule has 0 spiro atoms. The number of alkyl halides is 1. The summed E-state index contributed by atoms with van der Waals surface area (Å²) >= 11 is 2.16. The summed E-state index contributed by atoms with van der Waals surface area (Å²) < 4.78 is 10.9. The number of fused-ring (bicyclic) bond motifs is 1. The average molecular weight is 401 g/mol. The number of aromatic carboxylic acids is 1. The van der Waals surface area contributed by atoms with E-state index < -0.39 is 17.2 Å². The van der Waals surface area contributed by atoms with Crippen LogP contribution < -0.4 is 15.5 Å². The standard InChI is InChI=1S/C14H11IO6/c15-5-1-2-12(16)20-9-4-3-8-6-10(13(17)18)14(19)21-11(8)7-9/h3-4,6-7H,1-2,5H2,(H,17,18)/p-1. The summed E-state index contributed by atoms with van der Waals surface area (Å²) in [5.74, 6) is -1.73. The molecule has 7 heteroatoms. The van der Waals surface area contributed by atoms with E-state index in [-0.39, 0.29) is 17.3 Å². The number of carbonyl (C=O) groups is 2. The Morgan fingerprint density at radius 1 is 1.29 bits per heavy atom. The van der Waals surface area contributed by atoms with Crippen LogP contribution in [0.5, 0.6) is 5.75 Å². The van der Waals surface area contributed by atoms with Crippen molar-refractivity contribution in [2.75, 3.05) is 4.43 Å². The van der Waals surface area contributed by atoms with E-state index in [0.717, 1.165) is 16.9 Å². The van der Waals surface area contributed by atoms with Gasteiger partial charge in [-0.25, -0.2) is 4.79 Å². The van der Waals surface area contributed by atoms with Crippen molar-refractivity contribution in [2.45, 2.75) is 12.8 Å². The highest BCUT2D eigenvalue weighted by Gasteiger charge is 2.09. The van der Waals surface area contributed by atoms with Crippen molar-refractivity contribution in [1.29, 1.82) is 0 Å². The Labute approximate surface area is 132 Å². The van der Waals surface area contributed by atoms with Crippen LogP contribution in [0, 0.1) is 0 Å². The molecule has 2 rings (SSSR count). The molecule has 6 nitrogen and oxygen atoms in total. The van der Waals surface area contributed by atoms with Crippen LogP contribution in [-0.4, -0.2) is 16.4 Å². The fraction of sp³-hybridized carbons (Fsp3) is 0.214. The number of halogens is 1. The van der Waals surface area contributed by atoms with Crippen LogP contribution >= 0.6 is 22.6 Å². The van der Waals surface area contributed by atoms with Crippen molar-refractivity contribution in [3.63, 3.8) is 0 Å². The van der Waals surface area contributed by atoms with Crippen molar-refractivity contribution in [3.05, 3.63) is 40.2 Å². The number of hydrogen-bond donors (Lipinski definition) is 0. The second kappa shape index (κ2) is 6.70. The molecular formula is C14H10IO6-. The van der Waals surface area contributed by atoms with Gasteiger partial charge in [-0.1, -0.05) is 22.6 Å². The van der Waals surface area contributed by atoms with Crippen LogP contribution in [0.3, 0.4) is 0 Å². The monoisotopic (exact) mass is 401 g/mol. The lowest BCUT2D eigenvalue weighted by Gasteiger charge is -2.06. The Hall–Kier alpha value is -1.90. The lowest BCUT2D eigenvalue weighted by molar-refractivity contribution is -0.255. The summed E-state index contributed by atoms with van der Waals surface area (Å²) in [6.07, 6.45) is 1.02. The minimum Gasteiger partial charge on any atom is -0.545 e. The summed E-state index contributed by atoms with van der Waals surface area (Å²) in [6.45, 7) is 0. The number of rotatable bonds is 5. The van der Waals surface area contributed by atoms with E-state index in [4.69, 9.17) is 9.15 Å². The zero-order chi connectivity index (χ0) is 15.4. The third-order valence-corrected chi connectivity index (χ3v) is 3.44. The van der Waals surface area contributed by atoms with Gasteiger partial charge in [-0.3, -0.25) is 4.79 Å². The normalized spacial score (nSPS) is 10.5. The highest BCUT2D eigenvalue weighted by Crippen LogP contribution is 2.21. The summed E-state index contributed by atoms with van der Waals surface area (Å²) in [5.41, 5.74) is -1.41. The number of carboxylic acids is 1. The summed E-state index contributed by atoms with van der Waals surface area (Å²) in [5, 5.41) is 11.1. The van der Waals surface area contributed by atoms with Gasteiger partial charge < -0.3 is 19.1 Å². The van der Waals surface area contributed by atoms with E-state index in [1.54, 1.807) is 0 Å². The zero-order valence-electron chi connectivity index (χ0n) is 10.8. The molecule has 110 valence electrons. The van der Waals surface area contributed by atoms with Crippen LogP contribution in [0.4, 0.5) is 0 Å². The first-order valence-electron chi connectivity index (χ1n) is 6.07. The van der Waals surface area contributed by atoms with E-state index in [2.05, 4.69) is 22.6 Å². The maximum Gasteiger partial charge on any atom is 0.345 e. The fourth-order valence-electron chi connectivity index (χ4n) is 1.69. The third-order valence-electron chi connectivity index (χ3n) is 2.67. The summed E-state index contributed by atoms with van der Waals surface area (Å²) in [4.78, 5) is 33.7. The molecule has 1 aromatic carbocycles. The molecule has 0 aliphatic heterocycles. The van der Waals surface area contributed by atoms with Crippen molar-refractivity contribution in [2.24, 2.45) is 0 Å². The minimum atomic E-state index is -1.60. The number of hydrogen-bond acceptors (Lipinski definition) is 6. The molecule has 2 aromatic rings. The predicted octanol–water partition coefficient (Wildman–Crippen LogP) is 1.28. The van der Waals surface area contributed by atoms with Gasteiger partial charge in [0.2, 0.25) is 0 Å². The second-order valence-electron chi connectivity index (χ2n) is 4.20. The van der Waals surface area contributed by atoms with Gasteiger partial charge in [0, 0.05) is 22.3 Å². The maximum absolute atomic E-state index is 11.5. The van der Waals surface area contributed by atoms with Crippen LogP contribution in [0.15, 0.2) is 33.5 Å². The van der Waals surface area contributed by atoms with Crippen molar-refractivity contribution < 1.29 is 23.8 Å². The van der Waals surface area contributed by atoms with E-state index in [9.17, 15) is 19.5 Å². The first-order valence-corrected chi connectivity index (χ1v) is 7.59. The molecule has 0 unspecified atom stereocenters. The van der Waals surface area contributed by atoms with Gasteiger partial charge in [0.25, 0.3) is 0 Å². The molecule has 0 aliphatic carbocycles. The largest absolute Gasteiger partial charge is 0.545 e. The molecule has 0 N–H and O–H groups in total. The Kier molecular flexibility index (Phi) is 4.94. The highest BCUT2D eigenvalue weighted by molar-refractivity contribution is 14.1. The van der Waals surface area contributed by atoms with Gasteiger partial charge in [0.15, 0.2) is 0 Å². The number of carbonyl (C=O) groups excluding carboxylic acids is 2. The average Bonchev–Trinajstić information content (AvgIpc) is 2.44. The molecule has 0 fully saturated rings. The quantitative estimate of drug-likeness (QED) is 0.246. The molecule has 0 aliphatic rings. The zero-order valence-corrected chi connectivity index (χ0v) is 12.9. The van der Waals surface area contributed by atoms with Gasteiger partial charge in [-0.2, -0.15) is 0 Å². The van der Waals surface area contributed by atoms with Crippen molar-refractivity contribution in [1.82, 2.24) is 0 Å². The van der Waals surface area contributed by atoms with Crippen LogP contribution in [0.25, 0.3) is 11.0 Å². The second-order valence-corrected chi connectivity index (χ2v) is 5.28. The Morgan fingerprint density at radius 2 is 2.05 bits per heavy atom. The predicted molar refractivity (Wildman–Crippen MR) is 80.6 cm³/mol. The van der Waals surface area contributed by atoms with E-state index in [1.807, 2.05) is 0 Å². The van der Waals surface area contributed by atoms with E-state index >= 15 is 0 Å². The number of carboxylic acid groups (broad SMARTS) is 1. The van der Waals surface area contributed by atoms with Gasteiger partial charge in [0.05, 0.1) is 11.5 Å². The highest BCUT2D eigenvalue weighted by atomic mass is 127. The van der Waals surface area contributed by atoms with Gasteiger partial charge in [-0.05, 0) is 24.6 Å². The molecule has 0 radical (unpaired) electrons. The van der Waals surface area contributed by atoms with Gasteiger partial charge in [-0.15, -0.1) is 0 Å². The Bertz CT molecular complexity index is 749. The van der Waals surface area contributed by atoms with Gasteiger partial charge >= 0.3 is 11.6 Å². The van der Waals surface area contributed by atoms with Crippen molar-refractivity contribution >= 4 is 45.5 Å². The first-order chi connectivity index (χ1) is 10.0. The molecule has 0 bridgehead atoms. The van der Waals surface area contributed by atoms with Crippen molar-refractivity contribution in [3.8, 4) is 5.75 Å². The van der Waals surface area contributed by atoms with E-state index in [1.165, 1.54) is 18.2 Å². The van der Waals surface area contributed by atoms with Crippen LogP contribution in [0.1, 0.15) is 23.2 Å². The molecule has 1 aromatic heterocycles. The maximum atomic E-state index is 11.5. The lowest BCUT2D eigenvalue weighted by Crippen LogP contribution is -2.28. The molecule has 0 amide bonds. The smallest absolute Gasteiger partial charge is 0.345 e. The topological polar surface area (TPSA) is 96.6 Å². The summed E-state index contributed by atoms with van der Waals surface area (Å²) in [7, 11) is 0. The Balaban J connectivity index is 2.30. The molecule has 0 saturated carbocycles. The SMILES string of the molecule is O=C(CCCI)Oc1ccc2cc(C(=O)[O-])c(=O)oc2c1. The lowest BCUT2D eigenvalue weighted by atomic mass is 10.2. The van der Waals surface area contributed by atoms with Crippen LogP contribution in [0.2, 0.25) is 0 Å². The Morgan fingerprint density at radius 3 is 2.71 bits per heavy atom. The third kappa shape index (κ3) is 3.81. The minimum absolute atomic E-state index is 0.143.